The lowest BCUT2D eigenvalue weighted by Crippen LogP contribution is -2.30. The second-order valence-corrected chi connectivity index (χ2v) is 26.0. The van der Waals surface area contributed by atoms with Crippen LogP contribution in [0.4, 0.5) is 0 Å². The molecule has 0 aromatic heterocycles. The van der Waals surface area contributed by atoms with Gasteiger partial charge in [-0.15, -0.1) is 0 Å². The third-order valence-corrected chi connectivity index (χ3v) is 15.6. The number of hydrogen-bond donors (Lipinski definition) is 3. The Kier molecular flexibility index (Phi) is 48.4. The molecule has 0 saturated heterocycles. The van der Waals surface area contributed by atoms with Gasteiger partial charge < -0.3 is 33.8 Å². The third kappa shape index (κ3) is 52.2. The summed E-state index contributed by atoms with van der Waals surface area (Å²) in [5.41, 5.74) is 0. The third-order valence-electron chi connectivity index (χ3n) is 13.7. The Bertz CT molecular complexity index is 1580. The Morgan fingerprint density at radius 1 is 0.359 bits per heavy atom. The van der Waals surface area contributed by atoms with E-state index in [1.165, 1.54) is 64.2 Å². The number of phosphoric acid groups is 2. The summed E-state index contributed by atoms with van der Waals surface area (Å²) in [4.78, 5) is 71.9. The summed E-state index contributed by atoms with van der Waals surface area (Å²) in [6.07, 6.45) is 27.1. The van der Waals surface area contributed by atoms with Crippen molar-refractivity contribution in [3.8, 4) is 0 Å². The first kappa shape index (κ1) is 76.1. The van der Waals surface area contributed by atoms with Crippen molar-refractivity contribution < 1.29 is 80.2 Å². The number of rotatable bonds is 56. The number of carbonyl (C=O) groups is 4. The first-order valence-electron chi connectivity index (χ1n) is 30.7. The van der Waals surface area contributed by atoms with E-state index in [4.69, 9.17) is 37.0 Å². The molecule has 0 aliphatic carbocycles. The fourth-order valence-corrected chi connectivity index (χ4v) is 10.1. The van der Waals surface area contributed by atoms with Crippen LogP contribution in [0.5, 0.6) is 0 Å². The van der Waals surface area contributed by atoms with Gasteiger partial charge in [-0.05, 0) is 49.4 Å². The topological polar surface area (TPSA) is 237 Å². The van der Waals surface area contributed by atoms with Crippen molar-refractivity contribution in [2.24, 2.45) is 23.7 Å². The van der Waals surface area contributed by atoms with Gasteiger partial charge in [0.2, 0.25) is 0 Å². The number of carbonyl (C=O) groups excluding carboxylic acids is 4. The van der Waals surface area contributed by atoms with Crippen LogP contribution in [0.15, 0.2) is 0 Å². The Labute approximate surface area is 473 Å². The van der Waals surface area contributed by atoms with Gasteiger partial charge in [0.25, 0.3) is 0 Å². The summed E-state index contributed by atoms with van der Waals surface area (Å²) >= 11 is 0. The molecule has 17 nitrogen and oxygen atoms in total. The van der Waals surface area contributed by atoms with E-state index in [9.17, 15) is 43.2 Å². The van der Waals surface area contributed by atoms with Gasteiger partial charge >= 0.3 is 39.5 Å². The van der Waals surface area contributed by atoms with Gasteiger partial charge in [-0.1, -0.05) is 222 Å². The van der Waals surface area contributed by atoms with E-state index in [0.29, 0.717) is 43.4 Å². The molecule has 19 heteroatoms. The molecule has 3 unspecified atom stereocenters. The van der Waals surface area contributed by atoms with Crippen LogP contribution in [-0.2, 0) is 65.4 Å². The lowest BCUT2D eigenvalue weighted by Gasteiger charge is -2.21. The zero-order valence-corrected chi connectivity index (χ0v) is 52.1. The van der Waals surface area contributed by atoms with Gasteiger partial charge in [0.1, 0.15) is 19.3 Å². The molecule has 0 bridgehead atoms. The number of unbranched alkanes of at least 4 members (excludes halogenated alkanes) is 21. The lowest BCUT2D eigenvalue weighted by atomic mass is 10.00. The van der Waals surface area contributed by atoms with E-state index >= 15 is 0 Å². The van der Waals surface area contributed by atoms with Gasteiger partial charge in [0.05, 0.1) is 26.4 Å². The van der Waals surface area contributed by atoms with E-state index in [-0.39, 0.29) is 25.7 Å². The maximum atomic E-state index is 12.9. The molecule has 78 heavy (non-hydrogen) atoms. The Hall–Kier alpha value is -1.94. The van der Waals surface area contributed by atoms with Crippen molar-refractivity contribution in [2.75, 3.05) is 39.6 Å². The number of phosphoric ester groups is 2. The van der Waals surface area contributed by atoms with Crippen LogP contribution in [-0.4, -0.2) is 96.7 Å². The molecule has 0 aliphatic heterocycles. The minimum Gasteiger partial charge on any atom is -0.462 e. The molecular weight excluding hydrogens is 1040 g/mol. The number of esters is 4. The quantitative estimate of drug-likeness (QED) is 0.0222. The van der Waals surface area contributed by atoms with Crippen LogP contribution < -0.4 is 0 Å². The first-order valence-corrected chi connectivity index (χ1v) is 33.7. The molecule has 0 aromatic rings. The van der Waals surface area contributed by atoms with Crippen molar-refractivity contribution in [2.45, 2.75) is 292 Å². The molecule has 0 heterocycles. The van der Waals surface area contributed by atoms with Crippen molar-refractivity contribution in [3.05, 3.63) is 0 Å². The van der Waals surface area contributed by atoms with Crippen LogP contribution in [0.1, 0.15) is 274 Å². The Balaban J connectivity index is 5.25. The van der Waals surface area contributed by atoms with E-state index in [0.717, 1.165) is 109 Å². The molecule has 0 saturated carbocycles. The summed E-state index contributed by atoms with van der Waals surface area (Å²) in [6, 6.07) is 0. The monoisotopic (exact) mass is 1160 g/mol. The SMILES string of the molecule is CCC(C)CCCCCCCCC(=O)O[C@H](COC(=O)CCCCCCCCC(C)C)COP(=O)(O)OC[C@@H](O)COP(=O)(O)OC[C@@H](COC(=O)CCCCCCCCC(C)C)OC(=O)CCCCCCCCCC(C)C. The molecule has 0 aliphatic rings. The Morgan fingerprint density at radius 3 is 0.910 bits per heavy atom. The zero-order valence-electron chi connectivity index (χ0n) is 50.3. The molecule has 0 radical (unpaired) electrons. The summed E-state index contributed by atoms with van der Waals surface area (Å²) in [7, 11) is -9.88. The maximum absolute atomic E-state index is 12.9. The number of aliphatic hydroxyl groups is 1. The standard InChI is InChI=1S/C59H114O17P2/c1-9-52(8)38-30-22-15-18-26-34-42-59(64)76-55(46-70-57(62)40-32-24-17-14-21-29-37-51(6)7)48-74-78(67,68)72-44-53(60)43-71-77(65,66)73-47-54(45-69-56(61)39-31-23-16-13-20-28-36-50(4)5)75-58(63)41-33-25-12-10-11-19-27-35-49(2)3/h49-55,60H,9-48H2,1-8H3,(H,65,66)(H,67,68)/t52?,53-,54+,55+/m0/s1. The predicted molar refractivity (Wildman–Crippen MR) is 307 cm³/mol. The molecule has 462 valence electrons. The predicted octanol–water partition coefficient (Wildman–Crippen LogP) is 15.4. The van der Waals surface area contributed by atoms with Crippen molar-refractivity contribution in [1.29, 1.82) is 0 Å². The molecular formula is C59H114O17P2. The average Bonchev–Trinajstić information content (AvgIpc) is 3.38. The summed E-state index contributed by atoms with van der Waals surface area (Å²) in [6.45, 7) is 13.8. The fraction of sp³-hybridized carbons (Fsp3) is 0.932. The summed E-state index contributed by atoms with van der Waals surface area (Å²) < 4.78 is 67.7. The largest absolute Gasteiger partial charge is 0.472 e. The van der Waals surface area contributed by atoms with Crippen molar-refractivity contribution >= 4 is 39.5 Å². The van der Waals surface area contributed by atoms with E-state index in [1.807, 2.05) is 0 Å². The molecule has 0 fully saturated rings. The smallest absolute Gasteiger partial charge is 0.462 e. The molecule has 0 aromatic carbocycles. The molecule has 6 atom stereocenters. The number of ether oxygens (including phenoxy) is 4. The number of hydrogen-bond acceptors (Lipinski definition) is 15. The second-order valence-electron chi connectivity index (χ2n) is 23.1. The van der Waals surface area contributed by atoms with E-state index < -0.39 is 97.5 Å². The van der Waals surface area contributed by atoms with Gasteiger partial charge in [-0.3, -0.25) is 37.3 Å². The first-order chi connectivity index (χ1) is 37.1. The highest BCUT2D eigenvalue weighted by molar-refractivity contribution is 7.47. The normalized spacial score (nSPS) is 14.9. The van der Waals surface area contributed by atoms with Gasteiger partial charge in [0.15, 0.2) is 12.2 Å². The van der Waals surface area contributed by atoms with E-state index in [2.05, 4.69) is 55.4 Å². The van der Waals surface area contributed by atoms with Crippen molar-refractivity contribution in [1.82, 2.24) is 0 Å². The zero-order chi connectivity index (χ0) is 58.3. The van der Waals surface area contributed by atoms with Crippen LogP contribution in [0, 0.1) is 23.7 Å². The average molecular weight is 1160 g/mol. The molecule has 0 rings (SSSR count). The minimum atomic E-state index is -4.94. The van der Waals surface area contributed by atoms with E-state index in [1.54, 1.807) is 0 Å². The number of aliphatic hydroxyl groups excluding tert-OH is 1. The highest BCUT2D eigenvalue weighted by atomic mass is 31.2. The summed E-state index contributed by atoms with van der Waals surface area (Å²) in [5, 5.41) is 10.5. The highest BCUT2D eigenvalue weighted by Gasteiger charge is 2.30. The second kappa shape index (κ2) is 49.7. The molecule has 0 amide bonds. The fourth-order valence-electron chi connectivity index (χ4n) is 8.51. The highest BCUT2D eigenvalue weighted by Crippen LogP contribution is 2.45. The molecule has 0 spiro atoms. The van der Waals surface area contributed by atoms with Crippen molar-refractivity contribution in [3.63, 3.8) is 0 Å². The van der Waals surface area contributed by atoms with Gasteiger partial charge in [-0.2, -0.15) is 0 Å². The maximum Gasteiger partial charge on any atom is 0.472 e. The van der Waals surface area contributed by atoms with Gasteiger partial charge in [0, 0.05) is 25.7 Å². The van der Waals surface area contributed by atoms with Crippen LogP contribution in [0.3, 0.4) is 0 Å². The molecule has 3 N–H and O–H groups in total. The van der Waals surface area contributed by atoms with Crippen LogP contribution in [0.2, 0.25) is 0 Å². The van der Waals surface area contributed by atoms with Gasteiger partial charge in [-0.25, -0.2) is 9.13 Å². The Morgan fingerprint density at radius 2 is 0.615 bits per heavy atom. The lowest BCUT2D eigenvalue weighted by molar-refractivity contribution is -0.161. The van der Waals surface area contributed by atoms with Crippen LogP contribution >= 0.6 is 15.6 Å². The minimum absolute atomic E-state index is 0.101. The van der Waals surface area contributed by atoms with Crippen LogP contribution in [0.25, 0.3) is 0 Å². The summed E-state index contributed by atoms with van der Waals surface area (Å²) in [5.74, 6) is 0.621.